The number of rotatable bonds is 9. The van der Waals surface area contributed by atoms with Crippen LogP contribution in [0, 0.1) is 17.6 Å². The zero-order valence-electron chi connectivity index (χ0n) is 25.2. The second-order valence-corrected chi connectivity index (χ2v) is 10.4. The lowest BCUT2D eigenvalue weighted by molar-refractivity contribution is -0.135. The van der Waals surface area contributed by atoms with Crippen molar-refractivity contribution in [2.45, 2.75) is 0 Å². The summed E-state index contributed by atoms with van der Waals surface area (Å²) in [7, 11) is 5.97. The summed E-state index contributed by atoms with van der Waals surface area (Å²) in [4.78, 5) is 59.9. The summed E-state index contributed by atoms with van der Waals surface area (Å²) >= 11 is 0. The van der Waals surface area contributed by atoms with Crippen molar-refractivity contribution in [1.29, 1.82) is 0 Å². The van der Waals surface area contributed by atoms with Crippen molar-refractivity contribution in [3.8, 4) is 23.0 Å². The lowest BCUT2D eigenvalue weighted by Crippen LogP contribution is -2.61. The molecule has 1 aliphatic heterocycles. The molecule has 0 saturated carbocycles. The van der Waals surface area contributed by atoms with E-state index in [0.717, 1.165) is 28.0 Å². The van der Waals surface area contributed by atoms with Crippen molar-refractivity contribution in [2.24, 2.45) is 5.92 Å². The molecule has 3 aromatic carbocycles. The molecule has 2 heterocycles. The van der Waals surface area contributed by atoms with Crippen LogP contribution >= 0.6 is 0 Å². The van der Waals surface area contributed by atoms with E-state index in [4.69, 9.17) is 14.2 Å². The van der Waals surface area contributed by atoms with Gasteiger partial charge in [0.25, 0.3) is 0 Å². The number of pyridine rings is 1. The Hall–Kier alpha value is -5.79. The van der Waals surface area contributed by atoms with Gasteiger partial charge in [-0.2, -0.15) is 0 Å². The monoisotopic (exact) mass is 633 g/mol. The summed E-state index contributed by atoms with van der Waals surface area (Å²) in [5.41, 5.74) is 0.546. The molecule has 5 rings (SSSR count). The molecule has 0 spiro atoms. The summed E-state index contributed by atoms with van der Waals surface area (Å²) in [6, 6.07) is 12.3. The van der Waals surface area contributed by atoms with Crippen molar-refractivity contribution in [2.75, 3.05) is 51.6 Å². The van der Waals surface area contributed by atoms with E-state index in [1.54, 1.807) is 18.2 Å². The average molecular weight is 634 g/mol. The van der Waals surface area contributed by atoms with E-state index < -0.39 is 54.4 Å². The van der Waals surface area contributed by atoms with Crippen LogP contribution in [0.3, 0.4) is 0 Å². The highest BCUT2D eigenvalue weighted by Crippen LogP contribution is 2.37. The average Bonchev–Trinajstić information content (AvgIpc) is 3.03. The Kier molecular flexibility index (Phi) is 8.98. The largest absolute Gasteiger partial charge is 0.493 e. The van der Waals surface area contributed by atoms with Crippen LogP contribution in [0.2, 0.25) is 0 Å². The smallest absolute Gasteiger partial charge is 0.331 e. The molecule has 1 fully saturated rings. The van der Waals surface area contributed by atoms with Gasteiger partial charge in [0, 0.05) is 50.0 Å². The quantitative estimate of drug-likeness (QED) is 0.268. The van der Waals surface area contributed by atoms with Gasteiger partial charge in [-0.25, -0.2) is 18.5 Å². The highest BCUT2D eigenvalue weighted by molar-refractivity contribution is 6.23. The predicted molar refractivity (Wildman–Crippen MR) is 163 cm³/mol. The molecule has 1 N–H and O–H groups in total. The van der Waals surface area contributed by atoms with Crippen molar-refractivity contribution >= 4 is 46.0 Å². The van der Waals surface area contributed by atoms with Gasteiger partial charge in [0.1, 0.15) is 24.0 Å². The fourth-order valence-corrected chi connectivity index (χ4v) is 4.77. The van der Waals surface area contributed by atoms with Gasteiger partial charge in [-0.1, -0.05) is 0 Å². The topological polar surface area (TPSA) is 131 Å². The number of hydrogen-bond acceptors (Lipinski definition) is 8. The standard InChI is InChI=1S/C32H29F2N5O7/c1-37(2)29(40)17-38-16-22(31(42)39(32(38)43)20-8-5-18(33)6-9-20)30(41)36-19-7-10-26(23(34)13-19)46-25-11-12-35-24-15-28(45-4)27(44-3)14-21(24)25/h5-15,22H,16-17H2,1-4H3,(H,36,41). The number of hydrogen-bond donors (Lipinski definition) is 1. The summed E-state index contributed by atoms with van der Waals surface area (Å²) in [5.74, 6) is -4.05. The molecular formula is C32H29F2N5O7. The Morgan fingerprint density at radius 2 is 1.63 bits per heavy atom. The number of amides is 5. The fraction of sp³-hybridized carbons (Fsp3) is 0.219. The maximum atomic E-state index is 15.3. The molecule has 1 aromatic heterocycles. The van der Waals surface area contributed by atoms with Crippen molar-refractivity contribution in [1.82, 2.24) is 14.8 Å². The van der Waals surface area contributed by atoms with Gasteiger partial charge in [-0.3, -0.25) is 19.4 Å². The molecule has 1 saturated heterocycles. The minimum absolute atomic E-state index is 0.00907. The van der Waals surface area contributed by atoms with Gasteiger partial charge < -0.3 is 29.3 Å². The molecule has 0 radical (unpaired) electrons. The first-order valence-corrected chi connectivity index (χ1v) is 13.9. The molecule has 14 heteroatoms. The third-order valence-corrected chi connectivity index (χ3v) is 7.24. The van der Waals surface area contributed by atoms with Crippen LogP contribution in [0.4, 0.5) is 25.0 Å². The third kappa shape index (κ3) is 6.36. The zero-order valence-corrected chi connectivity index (χ0v) is 25.2. The maximum Gasteiger partial charge on any atom is 0.331 e. The highest BCUT2D eigenvalue weighted by Gasteiger charge is 2.44. The predicted octanol–water partition coefficient (Wildman–Crippen LogP) is 4.43. The SMILES string of the molecule is COc1cc2nccc(Oc3ccc(NC(=O)C4CN(CC(=O)N(C)C)C(=O)N(c5ccc(F)cc5)C4=O)cc3F)c2cc1OC. The first kappa shape index (κ1) is 31.6. The number of benzene rings is 3. The van der Waals surface area contributed by atoms with E-state index in [1.807, 2.05) is 0 Å². The minimum atomic E-state index is -1.47. The second-order valence-electron chi connectivity index (χ2n) is 10.4. The summed E-state index contributed by atoms with van der Waals surface area (Å²) in [6.45, 7) is -0.822. The molecule has 1 atom stereocenters. The minimum Gasteiger partial charge on any atom is -0.493 e. The first-order valence-electron chi connectivity index (χ1n) is 13.9. The Balaban J connectivity index is 1.38. The van der Waals surface area contributed by atoms with E-state index in [1.165, 1.54) is 63.7 Å². The number of likely N-dealkylation sites (N-methyl/N-ethyl adjacent to an activating group) is 1. The van der Waals surface area contributed by atoms with Crippen molar-refractivity contribution < 1.29 is 42.2 Å². The maximum absolute atomic E-state index is 15.3. The van der Waals surface area contributed by atoms with E-state index >= 15 is 4.39 Å². The number of anilines is 2. The lowest BCUT2D eigenvalue weighted by Gasteiger charge is -2.37. The van der Waals surface area contributed by atoms with Crippen LogP contribution in [0.1, 0.15) is 0 Å². The van der Waals surface area contributed by atoms with Gasteiger partial charge in [-0.15, -0.1) is 0 Å². The van der Waals surface area contributed by atoms with Crippen LogP contribution in [0.5, 0.6) is 23.0 Å². The molecule has 4 aromatic rings. The van der Waals surface area contributed by atoms with Crippen molar-refractivity contribution in [3.63, 3.8) is 0 Å². The van der Waals surface area contributed by atoms with Crippen LogP contribution in [-0.2, 0) is 14.4 Å². The third-order valence-electron chi connectivity index (χ3n) is 7.24. The van der Waals surface area contributed by atoms with Gasteiger partial charge in [0.05, 0.1) is 25.4 Å². The van der Waals surface area contributed by atoms with E-state index in [-0.39, 0.29) is 22.9 Å². The van der Waals surface area contributed by atoms with Crippen LogP contribution < -0.4 is 24.4 Å². The number of methoxy groups -OCH3 is 2. The second kappa shape index (κ2) is 13.1. The zero-order chi connectivity index (χ0) is 33.1. The number of nitrogens with one attached hydrogen (secondary N) is 1. The number of nitrogens with zero attached hydrogens (tertiary/aromatic N) is 4. The summed E-state index contributed by atoms with van der Waals surface area (Å²) < 4.78 is 45.4. The van der Waals surface area contributed by atoms with E-state index in [2.05, 4.69) is 10.3 Å². The molecule has 1 aliphatic rings. The lowest BCUT2D eigenvalue weighted by atomic mass is 10.0. The van der Waals surface area contributed by atoms with Gasteiger partial charge in [-0.05, 0) is 48.5 Å². The Morgan fingerprint density at radius 1 is 0.935 bits per heavy atom. The van der Waals surface area contributed by atoms with E-state index in [0.29, 0.717) is 22.4 Å². The number of carbonyl (C=O) groups is 4. The first-order chi connectivity index (χ1) is 22.0. The van der Waals surface area contributed by atoms with Crippen LogP contribution in [-0.4, -0.2) is 79.9 Å². The molecule has 5 amide bonds. The van der Waals surface area contributed by atoms with Crippen molar-refractivity contribution in [3.05, 3.63) is 78.5 Å². The molecule has 1 unspecified atom stereocenters. The number of halogens is 2. The van der Waals surface area contributed by atoms with Gasteiger partial charge in [0.15, 0.2) is 23.1 Å². The number of fused-ring (bicyclic) bond motifs is 1. The number of imide groups is 1. The van der Waals surface area contributed by atoms with Crippen LogP contribution in [0.25, 0.3) is 10.9 Å². The fourth-order valence-electron chi connectivity index (χ4n) is 4.77. The number of aromatic nitrogens is 1. The van der Waals surface area contributed by atoms with Crippen LogP contribution in [0.15, 0.2) is 66.9 Å². The number of ether oxygens (including phenoxy) is 3. The highest BCUT2D eigenvalue weighted by atomic mass is 19.1. The number of urea groups is 1. The van der Waals surface area contributed by atoms with Gasteiger partial charge in [0.2, 0.25) is 17.7 Å². The molecular weight excluding hydrogens is 604 g/mol. The molecule has 12 nitrogen and oxygen atoms in total. The summed E-state index contributed by atoms with van der Waals surface area (Å²) in [6.07, 6.45) is 1.49. The van der Waals surface area contributed by atoms with Gasteiger partial charge >= 0.3 is 6.03 Å². The molecule has 0 aliphatic carbocycles. The summed E-state index contributed by atoms with van der Waals surface area (Å²) in [5, 5.41) is 3.04. The Bertz CT molecular complexity index is 1830. The Labute approximate surface area is 262 Å². The number of carbonyl (C=O) groups excluding carboxylic acids is 4. The molecule has 46 heavy (non-hydrogen) atoms. The molecule has 0 bridgehead atoms. The normalized spacial score (nSPS) is 14.7. The molecule has 238 valence electrons. The Morgan fingerprint density at radius 3 is 2.28 bits per heavy atom. The van der Waals surface area contributed by atoms with E-state index in [9.17, 15) is 23.6 Å².